The normalized spacial score (nSPS) is 15.6. The number of carbonyl (C=O) groups excluding carboxylic acids is 1. The molecule has 5 rings (SSSR count). The van der Waals surface area contributed by atoms with Gasteiger partial charge in [0.1, 0.15) is 5.75 Å². The fourth-order valence-electron chi connectivity index (χ4n) is 4.22. The molecule has 1 aliphatic heterocycles. The summed E-state index contributed by atoms with van der Waals surface area (Å²) in [5.41, 5.74) is 3.84. The number of aliphatic imine (C=N–C) groups is 1. The van der Waals surface area contributed by atoms with Gasteiger partial charge in [-0.1, -0.05) is 24.3 Å². The zero-order chi connectivity index (χ0) is 25.8. The standard InChI is InChI=1S/C29H27N3O4S/c1-34-22-11-9-21(10-12-22)31-29-32(15-14-20-18-30-24-7-5-4-6-23(20)24)28(33)27(37-29)17-19-8-13-25(35-2)26(16-19)36-3/h4-13,16-18,30H,14-15H2,1-3H3. The van der Waals surface area contributed by atoms with Crippen LogP contribution in [0.5, 0.6) is 17.2 Å². The van der Waals surface area contributed by atoms with Gasteiger partial charge in [0.25, 0.3) is 5.91 Å². The summed E-state index contributed by atoms with van der Waals surface area (Å²) in [6, 6.07) is 21.2. The van der Waals surface area contributed by atoms with E-state index in [2.05, 4.69) is 17.1 Å². The lowest BCUT2D eigenvalue weighted by atomic mass is 10.1. The van der Waals surface area contributed by atoms with Crippen molar-refractivity contribution in [1.82, 2.24) is 9.88 Å². The molecule has 0 unspecified atom stereocenters. The molecule has 0 atom stereocenters. The highest BCUT2D eigenvalue weighted by molar-refractivity contribution is 8.18. The topological polar surface area (TPSA) is 76.2 Å². The summed E-state index contributed by atoms with van der Waals surface area (Å²) in [5.74, 6) is 1.92. The van der Waals surface area contributed by atoms with Crippen LogP contribution < -0.4 is 14.2 Å². The first-order valence-electron chi connectivity index (χ1n) is 11.8. The molecule has 1 amide bonds. The lowest BCUT2D eigenvalue weighted by Gasteiger charge is -2.15. The molecule has 8 heteroatoms. The maximum absolute atomic E-state index is 13.6. The highest BCUT2D eigenvalue weighted by Crippen LogP contribution is 2.36. The van der Waals surface area contributed by atoms with E-state index in [4.69, 9.17) is 19.2 Å². The number of benzene rings is 3. The maximum Gasteiger partial charge on any atom is 0.266 e. The van der Waals surface area contributed by atoms with Gasteiger partial charge in [-0.25, -0.2) is 4.99 Å². The van der Waals surface area contributed by atoms with E-state index < -0.39 is 0 Å². The van der Waals surface area contributed by atoms with Crippen LogP contribution in [0.1, 0.15) is 11.1 Å². The zero-order valence-electron chi connectivity index (χ0n) is 20.9. The van der Waals surface area contributed by atoms with Crippen LogP contribution in [0, 0.1) is 0 Å². The predicted octanol–water partition coefficient (Wildman–Crippen LogP) is 6.04. The Balaban J connectivity index is 1.46. The Kier molecular flexibility index (Phi) is 7.18. The molecule has 0 radical (unpaired) electrons. The molecule has 0 spiro atoms. The maximum atomic E-state index is 13.6. The number of aromatic nitrogens is 1. The van der Waals surface area contributed by atoms with Gasteiger partial charge in [0.15, 0.2) is 16.7 Å². The van der Waals surface area contributed by atoms with Gasteiger partial charge in [-0.15, -0.1) is 0 Å². The number of amides is 1. The molecule has 0 saturated carbocycles. The van der Waals surface area contributed by atoms with Crippen molar-refractivity contribution in [2.75, 3.05) is 27.9 Å². The van der Waals surface area contributed by atoms with E-state index in [9.17, 15) is 4.79 Å². The number of nitrogens with one attached hydrogen (secondary N) is 1. The number of thioether (sulfide) groups is 1. The second-order valence-corrected chi connectivity index (χ2v) is 9.39. The number of carbonyl (C=O) groups is 1. The number of methoxy groups -OCH3 is 3. The minimum atomic E-state index is -0.0770. The van der Waals surface area contributed by atoms with Gasteiger partial charge in [0.2, 0.25) is 0 Å². The first kappa shape index (κ1) is 24.5. The fraction of sp³-hybridized carbons (Fsp3) is 0.172. The van der Waals surface area contributed by atoms with Crippen molar-refractivity contribution in [2.24, 2.45) is 4.99 Å². The molecule has 1 saturated heterocycles. The number of para-hydroxylation sites is 1. The molecular formula is C29H27N3O4S. The average Bonchev–Trinajstić information content (AvgIpc) is 3.48. The Morgan fingerprint density at radius 1 is 0.946 bits per heavy atom. The molecule has 0 bridgehead atoms. The van der Waals surface area contributed by atoms with Crippen molar-refractivity contribution >= 4 is 45.5 Å². The average molecular weight is 514 g/mol. The number of amidine groups is 1. The molecule has 1 aliphatic rings. The molecule has 0 aliphatic carbocycles. The number of rotatable bonds is 8. The number of hydrogen-bond donors (Lipinski definition) is 1. The first-order valence-corrected chi connectivity index (χ1v) is 12.6. The minimum absolute atomic E-state index is 0.0770. The molecular weight excluding hydrogens is 486 g/mol. The summed E-state index contributed by atoms with van der Waals surface area (Å²) in [7, 11) is 4.82. The van der Waals surface area contributed by atoms with E-state index in [1.165, 1.54) is 11.8 Å². The third-order valence-electron chi connectivity index (χ3n) is 6.17. The quantitative estimate of drug-likeness (QED) is 0.291. The molecule has 1 fully saturated rings. The van der Waals surface area contributed by atoms with E-state index in [0.29, 0.717) is 34.5 Å². The van der Waals surface area contributed by atoms with Crippen LogP contribution in [0.25, 0.3) is 17.0 Å². The number of nitrogens with zero attached hydrogens (tertiary/aromatic N) is 2. The van der Waals surface area contributed by atoms with Gasteiger partial charge < -0.3 is 19.2 Å². The Morgan fingerprint density at radius 3 is 2.49 bits per heavy atom. The van der Waals surface area contributed by atoms with Crippen LogP contribution in [0.15, 0.2) is 82.8 Å². The van der Waals surface area contributed by atoms with Crippen LogP contribution in [-0.2, 0) is 11.2 Å². The second-order valence-electron chi connectivity index (χ2n) is 8.38. The molecule has 4 aromatic rings. The summed E-state index contributed by atoms with van der Waals surface area (Å²) in [6.45, 7) is 0.506. The molecule has 1 aromatic heterocycles. The Bertz CT molecular complexity index is 1490. The van der Waals surface area contributed by atoms with Crippen molar-refractivity contribution in [3.63, 3.8) is 0 Å². The third kappa shape index (κ3) is 5.20. The van der Waals surface area contributed by atoms with Crippen molar-refractivity contribution < 1.29 is 19.0 Å². The third-order valence-corrected chi connectivity index (χ3v) is 7.18. The number of hydrogen-bond acceptors (Lipinski definition) is 6. The van der Waals surface area contributed by atoms with E-state index in [1.807, 2.05) is 66.9 Å². The molecule has 7 nitrogen and oxygen atoms in total. The van der Waals surface area contributed by atoms with E-state index in [-0.39, 0.29) is 5.91 Å². The van der Waals surface area contributed by atoms with Crippen LogP contribution in [0.3, 0.4) is 0 Å². The summed E-state index contributed by atoms with van der Waals surface area (Å²) >= 11 is 1.37. The first-order chi connectivity index (χ1) is 18.1. The van der Waals surface area contributed by atoms with Crippen LogP contribution >= 0.6 is 11.8 Å². The summed E-state index contributed by atoms with van der Waals surface area (Å²) < 4.78 is 16.0. The number of aromatic amines is 1. The van der Waals surface area contributed by atoms with Gasteiger partial charge in [0.05, 0.1) is 31.9 Å². The number of fused-ring (bicyclic) bond motifs is 1. The second kappa shape index (κ2) is 10.8. The number of H-pyrrole nitrogens is 1. The molecule has 188 valence electrons. The molecule has 3 aromatic carbocycles. The van der Waals surface area contributed by atoms with Gasteiger partial charge in [0, 0.05) is 23.6 Å². The largest absolute Gasteiger partial charge is 0.497 e. The fourth-order valence-corrected chi connectivity index (χ4v) is 5.25. The molecule has 1 N–H and O–H groups in total. The monoisotopic (exact) mass is 513 g/mol. The van der Waals surface area contributed by atoms with Crippen LogP contribution in [0.2, 0.25) is 0 Å². The smallest absolute Gasteiger partial charge is 0.266 e. The van der Waals surface area contributed by atoms with Gasteiger partial charge in [-0.2, -0.15) is 0 Å². The molecule has 2 heterocycles. The Labute approximate surface area is 219 Å². The van der Waals surface area contributed by atoms with Crippen molar-refractivity contribution in [2.45, 2.75) is 6.42 Å². The highest BCUT2D eigenvalue weighted by atomic mass is 32.2. The minimum Gasteiger partial charge on any atom is -0.497 e. The zero-order valence-corrected chi connectivity index (χ0v) is 21.7. The van der Waals surface area contributed by atoms with Gasteiger partial charge >= 0.3 is 0 Å². The molecule has 37 heavy (non-hydrogen) atoms. The predicted molar refractivity (Wildman–Crippen MR) is 149 cm³/mol. The Morgan fingerprint density at radius 2 is 1.73 bits per heavy atom. The van der Waals surface area contributed by atoms with Gasteiger partial charge in [-0.05, 0) is 77.9 Å². The number of ether oxygens (including phenoxy) is 3. The summed E-state index contributed by atoms with van der Waals surface area (Å²) in [4.78, 5) is 24.1. The summed E-state index contributed by atoms with van der Waals surface area (Å²) in [6.07, 6.45) is 4.57. The van der Waals surface area contributed by atoms with E-state index >= 15 is 0 Å². The van der Waals surface area contributed by atoms with Gasteiger partial charge in [-0.3, -0.25) is 9.69 Å². The van der Waals surface area contributed by atoms with Crippen LogP contribution in [-0.4, -0.2) is 48.8 Å². The Hall–Kier alpha value is -4.17. The van der Waals surface area contributed by atoms with Crippen molar-refractivity contribution in [3.05, 3.63) is 89.0 Å². The SMILES string of the molecule is COc1ccc(N=C2SC(=Cc3ccc(OC)c(OC)c3)C(=O)N2CCc2c[nH]c3ccccc23)cc1. The van der Waals surface area contributed by atoms with Crippen molar-refractivity contribution in [1.29, 1.82) is 0 Å². The lowest BCUT2D eigenvalue weighted by molar-refractivity contribution is -0.122. The van der Waals surface area contributed by atoms with E-state index in [1.54, 1.807) is 26.2 Å². The van der Waals surface area contributed by atoms with E-state index in [0.717, 1.165) is 33.5 Å². The lowest BCUT2D eigenvalue weighted by Crippen LogP contribution is -2.31. The van der Waals surface area contributed by atoms with Crippen LogP contribution in [0.4, 0.5) is 5.69 Å². The summed E-state index contributed by atoms with van der Waals surface area (Å²) in [5, 5.41) is 1.80. The van der Waals surface area contributed by atoms with Crippen molar-refractivity contribution in [3.8, 4) is 17.2 Å². The highest BCUT2D eigenvalue weighted by Gasteiger charge is 2.33.